The summed E-state index contributed by atoms with van der Waals surface area (Å²) in [7, 11) is 0. The summed E-state index contributed by atoms with van der Waals surface area (Å²) >= 11 is 0. The third-order valence-corrected chi connectivity index (χ3v) is 4.15. The van der Waals surface area contributed by atoms with Crippen molar-refractivity contribution >= 4 is 0 Å². The molecule has 0 heterocycles. The van der Waals surface area contributed by atoms with E-state index in [0.717, 1.165) is 12.8 Å². The summed E-state index contributed by atoms with van der Waals surface area (Å²) in [6.45, 7) is 13.5. The van der Waals surface area contributed by atoms with Gasteiger partial charge in [-0.15, -0.1) is 0 Å². The molecular weight excluding hydrogens is 244 g/mol. The first-order chi connectivity index (χ1) is 9.29. The molecule has 3 N–H and O–H groups in total. The standard InChI is InChI=1S/C18H32N2/c1-7-8-9-16(20-19)12-17-13(2)10-15(11-14(17)3)18(4,5)6/h10-11,16,20H,7-9,12,19H2,1-6H3. The van der Waals surface area contributed by atoms with Crippen molar-refractivity contribution < 1.29 is 0 Å². The topological polar surface area (TPSA) is 38.0 Å². The normalized spacial score (nSPS) is 13.6. The minimum atomic E-state index is 0.210. The van der Waals surface area contributed by atoms with Crippen molar-refractivity contribution in [3.63, 3.8) is 0 Å². The molecule has 0 spiro atoms. The van der Waals surface area contributed by atoms with Crippen LogP contribution in [-0.4, -0.2) is 6.04 Å². The number of hydrogen-bond donors (Lipinski definition) is 2. The van der Waals surface area contributed by atoms with E-state index in [4.69, 9.17) is 5.84 Å². The molecule has 0 saturated carbocycles. The molecule has 0 bridgehead atoms. The molecule has 0 saturated heterocycles. The van der Waals surface area contributed by atoms with Crippen LogP contribution >= 0.6 is 0 Å². The summed E-state index contributed by atoms with van der Waals surface area (Å²) in [4.78, 5) is 0. The number of nitrogens with two attached hydrogens (primary N) is 1. The molecule has 2 nitrogen and oxygen atoms in total. The number of rotatable bonds is 6. The second-order valence-corrected chi connectivity index (χ2v) is 7.05. The van der Waals surface area contributed by atoms with Crippen molar-refractivity contribution in [1.29, 1.82) is 0 Å². The van der Waals surface area contributed by atoms with Crippen LogP contribution < -0.4 is 11.3 Å². The SMILES string of the molecule is CCCCC(Cc1c(C)cc(C(C)(C)C)cc1C)NN. The molecule has 1 unspecified atom stereocenters. The Morgan fingerprint density at radius 3 is 2.10 bits per heavy atom. The zero-order chi connectivity index (χ0) is 15.3. The highest BCUT2D eigenvalue weighted by atomic mass is 15.2. The zero-order valence-electron chi connectivity index (χ0n) is 14.1. The lowest BCUT2D eigenvalue weighted by Gasteiger charge is -2.24. The molecule has 0 fully saturated rings. The number of nitrogens with one attached hydrogen (secondary N) is 1. The Balaban J connectivity index is 2.96. The zero-order valence-corrected chi connectivity index (χ0v) is 14.1. The van der Waals surface area contributed by atoms with Gasteiger partial charge in [-0.05, 0) is 54.4 Å². The summed E-state index contributed by atoms with van der Waals surface area (Å²) in [6, 6.07) is 5.07. The largest absolute Gasteiger partial charge is 0.271 e. The van der Waals surface area contributed by atoms with Crippen LogP contribution in [0.2, 0.25) is 0 Å². The molecule has 0 amide bonds. The van der Waals surface area contributed by atoms with Crippen LogP contribution in [0.15, 0.2) is 12.1 Å². The number of unbranched alkanes of at least 4 members (excludes halogenated alkanes) is 1. The highest BCUT2D eigenvalue weighted by Gasteiger charge is 2.17. The van der Waals surface area contributed by atoms with Crippen molar-refractivity contribution in [3.05, 3.63) is 34.4 Å². The van der Waals surface area contributed by atoms with Gasteiger partial charge in [-0.1, -0.05) is 52.7 Å². The average Bonchev–Trinajstić information content (AvgIpc) is 2.36. The van der Waals surface area contributed by atoms with E-state index >= 15 is 0 Å². The van der Waals surface area contributed by atoms with E-state index in [1.807, 2.05) is 0 Å². The van der Waals surface area contributed by atoms with Crippen molar-refractivity contribution in [2.75, 3.05) is 0 Å². The summed E-state index contributed by atoms with van der Waals surface area (Å²) in [6.07, 6.45) is 4.62. The van der Waals surface area contributed by atoms with Gasteiger partial charge in [0.15, 0.2) is 0 Å². The number of hydrogen-bond acceptors (Lipinski definition) is 2. The van der Waals surface area contributed by atoms with Crippen LogP contribution in [0.4, 0.5) is 0 Å². The predicted octanol–water partition coefficient (Wildman–Crippen LogP) is 4.17. The van der Waals surface area contributed by atoms with Crippen LogP contribution in [0.25, 0.3) is 0 Å². The predicted molar refractivity (Wildman–Crippen MR) is 89.0 cm³/mol. The minimum absolute atomic E-state index is 0.210. The molecule has 2 heteroatoms. The van der Waals surface area contributed by atoms with Gasteiger partial charge in [-0.3, -0.25) is 11.3 Å². The first-order valence-electron chi connectivity index (χ1n) is 7.86. The molecule has 20 heavy (non-hydrogen) atoms. The molecule has 1 aromatic carbocycles. The fourth-order valence-corrected chi connectivity index (χ4v) is 2.69. The molecule has 1 rings (SSSR count). The lowest BCUT2D eigenvalue weighted by molar-refractivity contribution is 0.472. The summed E-state index contributed by atoms with van der Waals surface area (Å²) in [5.41, 5.74) is 8.86. The highest BCUT2D eigenvalue weighted by molar-refractivity contribution is 5.40. The third kappa shape index (κ3) is 4.60. The van der Waals surface area contributed by atoms with Gasteiger partial charge < -0.3 is 0 Å². The fraction of sp³-hybridized carbons (Fsp3) is 0.667. The maximum absolute atomic E-state index is 5.71. The Morgan fingerprint density at radius 1 is 1.15 bits per heavy atom. The Hall–Kier alpha value is -0.860. The lowest BCUT2D eigenvalue weighted by atomic mass is 9.82. The van der Waals surface area contributed by atoms with E-state index in [-0.39, 0.29) is 5.41 Å². The van der Waals surface area contributed by atoms with Gasteiger partial charge in [0.05, 0.1) is 0 Å². The second-order valence-electron chi connectivity index (χ2n) is 7.05. The van der Waals surface area contributed by atoms with Crippen LogP contribution in [0, 0.1) is 13.8 Å². The monoisotopic (exact) mass is 276 g/mol. The number of aryl methyl sites for hydroxylation is 2. The Kier molecular flexibility index (Phi) is 6.22. The Labute approximate surface area is 125 Å². The Bertz CT molecular complexity index is 407. The molecule has 1 atom stereocenters. The molecule has 0 aliphatic rings. The van der Waals surface area contributed by atoms with Crippen molar-refractivity contribution in [2.45, 2.75) is 78.7 Å². The van der Waals surface area contributed by atoms with Gasteiger partial charge in [-0.2, -0.15) is 0 Å². The van der Waals surface area contributed by atoms with E-state index in [2.05, 4.69) is 59.1 Å². The van der Waals surface area contributed by atoms with Gasteiger partial charge in [0.2, 0.25) is 0 Å². The van der Waals surface area contributed by atoms with E-state index in [0.29, 0.717) is 6.04 Å². The quantitative estimate of drug-likeness (QED) is 0.604. The van der Waals surface area contributed by atoms with E-state index < -0.39 is 0 Å². The van der Waals surface area contributed by atoms with Crippen LogP contribution in [0.3, 0.4) is 0 Å². The van der Waals surface area contributed by atoms with Crippen LogP contribution in [0.5, 0.6) is 0 Å². The minimum Gasteiger partial charge on any atom is -0.271 e. The average molecular weight is 276 g/mol. The maximum Gasteiger partial charge on any atom is 0.0251 e. The molecule has 0 aliphatic heterocycles. The van der Waals surface area contributed by atoms with Crippen molar-refractivity contribution in [2.24, 2.45) is 5.84 Å². The van der Waals surface area contributed by atoms with Gasteiger partial charge in [0.1, 0.15) is 0 Å². The van der Waals surface area contributed by atoms with Crippen molar-refractivity contribution in [3.8, 4) is 0 Å². The molecule has 114 valence electrons. The fourth-order valence-electron chi connectivity index (χ4n) is 2.69. The summed E-state index contributed by atoms with van der Waals surface area (Å²) in [5, 5.41) is 0. The number of benzene rings is 1. The highest BCUT2D eigenvalue weighted by Crippen LogP contribution is 2.27. The van der Waals surface area contributed by atoms with Gasteiger partial charge >= 0.3 is 0 Å². The summed E-state index contributed by atoms with van der Waals surface area (Å²) in [5.74, 6) is 5.71. The number of hydrazine groups is 1. The molecule has 0 aromatic heterocycles. The van der Waals surface area contributed by atoms with E-state index in [1.165, 1.54) is 35.1 Å². The smallest absolute Gasteiger partial charge is 0.0251 e. The van der Waals surface area contributed by atoms with Gasteiger partial charge in [0, 0.05) is 6.04 Å². The first-order valence-corrected chi connectivity index (χ1v) is 7.86. The molecule has 0 radical (unpaired) electrons. The Morgan fingerprint density at radius 2 is 1.70 bits per heavy atom. The van der Waals surface area contributed by atoms with Gasteiger partial charge in [0.25, 0.3) is 0 Å². The summed E-state index contributed by atoms with van der Waals surface area (Å²) < 4.78 is 0. The third-order valence-electron chi connectivity index (χ3n) is 4.15. The van der Waals surface area contributed by atoms with Crippen LogP contribution in [0.1, 0.15) is 69.2 Å². The van der Waals surface area contributed by atoms with Crippen LogP contribution in [-0.2, 0) is 11.8 Å². The second kappa shape index (κ2) is 7.24. The lowest BCUT2D eigenvalue weighted by Crippen LogP contribution is -2.37. The van der Waals surface area contributed by atoms with E-state index in [1.54, 1.807) is 0 Å². The molecule has 0 aliphatic carbocycles. The van der Waals surface area contributed by atoms with Crippen molar-refractivity contribution in [1.82, 2.24) is 5.43 Å². The maximum atomic E-state index is 5.71. The molecule has 1 aromatic rings. The molecular formula is C18H32N2. The van der Waals surface area contributed by atoms with Gasteiger partial charge in [-0.25, -0.2) is 0 Å². The van der Waals surface area contributed by atoms with E-state index in [9.17, 15) is 0 Å². The first kappa shape index (κ1) is 17.2.